The molecule has 0 bridgehead atoms. The summed E-state index contributed by atoms with van der Waals surface area (Å²) in [5, 5.41) is 0. The number of rotatable bonds is 9. The number of benzene rings is 2. The maximum absolute atomic E-state index is 13.0. The second-order valence-electron chi connectivity index (χ2n) is 7.50. The SMILES string of the molecule is CCC(C)CN(CC(C)CC)C(=NS(=O)(=O)c1ccccc1)c1ccccc1. The summed E-state index contributed by atoms with van der Waals surface area (Å²) < 4.78 is 30.4. The van der Waals surface area contributed by atoms with Crippen LogP contribution in [0.2, 0.25) is 0 Å². The van der Waals surface area contributed by atoms with Crippen LogP contribution >= 0.6 is 0 Å². The van der Waals surface area contributed by atoms with Gasteiger partial charge in [0.15, 0.2) is 0 Å². The van der Waals surface area contributed by atoms with Crippen molar-refractivity contribution in [2.45, 2.75) is 45.4 Å². The maximum atomic E-state index is 13.0. The Bertz CT molecular complexity index is 837. The van der Waals surface area contributed by atoms with Crippen molar-refractivity contribution in [1.82, 2.24) is 4.90 Å². The average Bonchev–Trinajstić information content (AvgIpc) is 2.72. The first-order chi connectivity index (χ1) is 13.4. The molecule has 0 heterocycles. The van der Waals surface area contributed by atoms with E-state index in [1.54, 1.807) is 30.3 Å². The van der Waals surface area contributed by atoms with E-state index in [1.165, 1.54) is 0 Å². The van der Waals surface area contributed by atoms with Gasteiger partial charge >= 0.3 is 0 Å². The highest BCUT2D eigenvalue weighted by atomic mass is 32.2. The molecule has 5 heteroatoms. The number of sulfonamides is 1. The smallest absolute Gasteiger partial charge is 0.284 e. The van der Waals surface area contributed by atoms with Crippen LogP contribution < -0.4 is 0 Å². The molecule has 0 saturated carbocycles. The zero-order valence-electron chi connectivity index (χ0n) is 17.4. The van der Waals surface area contributed by atoms with Gasteiger partial charge in [0, 0.05) is 18.7 Å². The minimum atomic E-state index is -3.79. The Morgan fingerprint density at radius 1 is 0.857 bits per heavy atom. The minimum Gasteiger partial charge on any atom is -0.355 e. The average molecular weight is 401 g/mol. The zero-order valence-corrected chi connectivity index (χ0v) is 18.2. The van der Waals surface area contributed by atoms with E-state index in [2.05, 4.69) is 37.0 Å². The molecule has 2 atom stereocenters. The molecule has 2 rings (SSSR count). The molecule has 2 aromatic rings. The number of amidine groups is 1. The molecule has 0 aliphatic heterocycles. The molecule has 0 fully saturated rings. The van der Waals surface area contributed by atoms with E-state index >= 15 is 0 Å². The van der Waals surface area contributed by atoms with E-state index in [0.717, 1.165) is 31.5 Å². The first-order valence-corrected chi connectivity index (χ1v) is 11.5. The Labute approximate surface area is 170 Å². The summed E-state index contributed by atoms with van der Waals surface area (Å²) >= 11 is 0. The van der Waals surface area contributed by atoms with E-state index < -0.39 is 10.0 Å². The van der Waals surface area contributed by atoms with Crippen LogP contribution in [-0.2, 0) is 10.0 Å². The van der Waals surface area contributed by atoms with Crippen LogP contribution in [0.3, 0.4) is 0 Å². The summed E-state index contributed by atoms with van der Waals surface area (Å²) in [6, 6.07) is 18.1. The molecule has 152 valence electrons. The Kier molecular flexibility index (Phi) is 8.24. The molecule has 0 aliphatic carbocycles. The van der Waals surface area contributed by atoms with Crippen molar-refractivity contribution in [2.24, 2.45) is 16.2 Å². The maximum Gasteiger partial charge on any atom is 0.284 e. The lowest BCUT2D eigenvalue weighted by atomic mass is 10.0. The molecule has 0 aliphatic rings. The lowest BCUT2D eigenvalue weighted by Crippen LogP contribution is -2.39. The third-order valence-electron chi connectivity index (χ3n) is 5.04. The van der Waals surface area contributed by atoms with Crippen LogP contribution in [0.15, 0.2) is 70.0 Å². The lowest BCUT2D eigenvalue weighted by molar-refractivity contribution is 0.302. The van der Waals surface area contributed by atoms with E-state index in [1.807, 2.05) is 30.3 Å². The van der Waals surface area contributed by atoms with Crippen molar-refractivity contribution in [1.29, 1.82) is 0 Å². The topological polar surface area (TPSA) is 49.7 Å². The van der Waals surface area contributed by atoms with Gasteiger partial charge in [0.05, 0.1) is 4.90 Å². The molecule has 4 nitrogen and oxygen atoms in total. The Hall–Kier alpha value is -2.14. The van der Waals surface area contributed by atoms with Crippen molar-refractivity contribution in [2.75, 3.05) is 13.1 Å². The Morgan fingerprint density at radius 2 is 1.32 bits per heavy atom. The fourth-order valence-corrected chi connectivity index (χ4v) is 3.95. The first kappa shape index (κ1) is 22.2. The molecule has 0 amide bonds. The Balaban J connectivity index is 2.56. The summed E-state index contributed by atoms with van der Waals surface area (Å²) in [6.07, 6.45) is 2.06. The normalized spacial score (nSPS) is 14.5. The molecule has 2 unspecified atom stereocenters. The monoisotopic (exact) mass is 400 g/mol. The lowest BCUT2D eigenvalue weighted by Gasteiger charge is -2.31. The third-order valence-corrected chi connectivity index (χ3v) is 6.32. The molecule has 0 saturated heterocycles. The number of hydrogen-bond donors (Lipinski definition) is 0. The predicted octanol–water partition coefficient (Wildman–Crippen LogP) is 5.22. The minimum absolute atomic E-state index is 0.218. The van der Waals surface area contributed by atoms with Crippen LogP contribution in [0, 0.1) is 11.8 Å². The summed E-state index contributed by atoms with van der Waals surface area (Å²) in [5.74, 6) is 1.42. The highest BCUT2D eigenvalue weighted by molar-refractivity contribution is 7.90. The number of hydrogen-bond acceptors (Lipinski definition) is 2. The van der Waals surface area contributed by atoms with Gasteiger partial charge in [-0.15, -0.1) is 4.40 Å². The molecular weight excluding hydrogens is 368 g/mol. The highest BCUT2D eigenvalue weighted by Gasteiger charge is 2.22. The van der Waals surface area contributed by atoms with Gasteiger partial charge in [0.2, 0.25) is 0 Å². The van der Waals surface area contributed by atoms with Crippen molar-refractivity contribution in [3.8, 4) is 0 Å². The summed E-state index contributed by atoms with van der Waals surface area (Å²) in [7, 11) is -3.79. The quantitative estimate of drug-likeness (QED) is 0.428. The first-order valence-electron chi connectivity index (χ1n) is 10.1. The van der Waals surface area contributed by atoms with Gasteiger partial charge in [-0.25, -0.2) is 0 Å². The van der Waals surface area contributed by atoms with Crippen LogP contribution in [0.1, 0.15) is 46.1 Å². The van der Waals surface area contributed by atoms with E-state index in [0.29, 0.717) is 17.7 Å². The summed E-state index contributed by atoms with van der Waals surface area (Å²) in [6.45, 7) is 10.3. The van der Waals surface area contributed by atoms with E-state index in [-0.39, 0.29) is 4.90 Å². The molecule has 2 aromatic carbocycles. The third kappa shape index (κ3) is 6.20. The largest absolute Gasteiger partial charge is 0.355 e. The molecular formula is C23H32N2O2S. The van der Waals surface area contributed by atoms with Gasteiger partial charge in [0.25, 0.3) is 10.0 Å². The van der Waals surface area contributed by atoms with Gasteiger partial charge in [-0.2, -0.15) is 8.42 Å². The van der Waals surface area contributed by atoms with Crippen LogP contribution in [-0.4, -0.2) is 32.2 Å². The van der Waals surface area contributed by atoms with Crippen molar-refractivity contribution in [3.63, 3.8) is 0 Å². The van der Waals surface area contributed by atoms with Crippen molar-refractivity contribution in [3.05, 3.63) is 66.2 Å². The van der Waals surface area contributed by atoms with Gasteiger partial charge in [-0.05, 0) is 24.0 Å². The predicted molar refractivity (Wildman–Crippen MR) is 117 cm³/mol. The van der Waals surface area contributed by atoms with Crippen LogP contribution in [0.5, 0.6) is 0 Å². The van der Waals surface area contributed by atoms with E-state index in [9.17, 15) is 8.42 Å². The highest BCUT2D eigenvalue weighted by Crippen LogP contribution is 2.19. The van der Waals surface area contributed by atoms with Gasteiger partial charge in [-0.3, -0.25) is 0 Å². The number of nitrogens with zero attached hydrogens (tertiary/aromatic N) is 2. The van der Waals surface area contributed by atoms with Gasteiger partial charge in [0.1, 0.15) is 5.84 Å². The summed E-state index contributed by atoms with van der Waals surface area (Å²) in [4.78, 5) is 2.37. The van der Waals surface area contributed by atoms with Crippen molar-refractivity contribution < 1.29 is 8.42 Å². The summed E-state index contributed by atoms with van der Waals surface area (Å²) in [5.41, 5.74) is 0.827. The molecule has 0 N–H and O–H groups in total. The zero-order chi connectivity index (χ0) is 20.6. The fraction of sp³-hybridized carbons (Fsp3) is 0.435. The van der Waals surface area contributed by atoms with Gasteiger partial charge < -0.3 is 4.90 Å². The Morgan fingerprint density at radius 3 is 1.79 bits per heavy atom. The van der Waals surface area contributed by atoms with Crippen LogP contribution in [0.25, 0.3) is 0 Å². The fourth-order valence-electron chi connectivity index (χ4n) is 2.90. The molecule has 0 aromatic heterocycles. The van der Waals surface area contributed by atoms with E-state index in [4.69, 9.17) is 0 Å². The van der Waals surface area contributed by atoms with Gasteiger partial charge in [-0.1, -0.05) is 89.1 Å². The van der Waals surface area contributed by atoms with Crippen molar-refractivity contribution >= 4 is 15.9 Å². The second kappa shape index (κ2) is 10.4. The molecule has 28 heavy (non-hydrogen) atoms. The molecule has 0 radical (unpaired) electrons. The van der Waals surface area contributed by atoms with Crippen LogP contribution in [0.4, 0.5) is 0 Å². The molecule has 0 spiro atoms. The standard InChI is InChI=1S/C23H32N2O2S/c1-5-19(3)17-25(18-20(4)6-2)23(21-13-9-7-10-14-21)24-28(26,27)22-15-11-8-12-16-22/h7-16,19-20H,5-6,17-18H2,1-4H3. The second-order valence-corrected chi connectivity index (χ2v) is 9.10.